The number of halogens is 2. The second-order valence-corrected chi connectivity index (χ2v) is 7.65. The smallest absolute Gasteiger partial charge is 0.261 e. The normalized spacial score (nSPS) is 11.8. The number of amides is 1. The number of carbonyl (C=O) groups excluding carboxylic acids is 1. The highest BCUT2D eigenvalue weighted by atomic mass is 35.7. The van der Waals surface area contributed by atoms with Crippen LogP contribution in [-0.4, -0.2) is 32.8 Å². The van der Waals surface area contributed by atoms with Crippen molar-refractivity contribution in [1.82, 2.24) is 4.90 Å². The number of rotatable bonds is 4. The number of aryl methyl sites for hydroxylation is 1. The van der Waals surface area contributed by atoms with Crippen molar-refractivity contribution in [2.75, 3.05) is 13.6 Å². The van der Waals surface area contributed by atoms with E-state index in [0.717, 1.165) is 12.1 Å². The van der Waals surface area contributed by atoms with Crippen LogP contribution in [0, 0.1) is 18.7 Å². The first-order chi connectivity index (χ1) is 9.04. The van der Waals surface area contributed by atoms with Gasteiger partial charge in [0.2, 0.25) is 0 Å². The zero-order valence-corrected chi connectivity index (χ0v) is 13.3. The molecule has 0 heterocycles. The molecular weight excluding hydrogens is 305 g/mol. The fourth-order valence-electron chi connectivity index (χ4n) is 1.92. The monoisotopic (exact) mass is 321 g/mol. The van der Waals surface area contributed by atoms with Crippen molar-refractivity contribution in [3.8, 4) is 0 Å². The van der Waals surface area contributed by atoms with Gasteiger partial charge in [0, 0.05) is 24.3 Å². The molecule has 0 bridgehead atoms. The van der Waals surface area contributed by atoms with Gasteiger partial charge in [-0.1, -0.05) is 13.8 Å². The zero-order chi connectivity index (χ0) is 15.7. The molecule has 20 heavy (non-hydrogen) atoms. The maximum Gasteiger partial charge on any atom is 0.261 e. The number of hydrogen-bond donors (Lipinski definition) is 0. The van der Waals surface area contributed by atoms with E-state index < -0.39 is 20.8 Å². The molecule has 0 saturated carbocycles. The van der Waals surface area contributed by atoms with Crippen LogP contribution in [0.15, 0.2) is 17.0 Å². The average Bonchev–Trinajstić information content (AvgIpc) is 2.25. The van der Waals surface area contributed by atoms with Crippen molar-refractivity contribution < 1.29 is 17.6 Å². The molecule has 112 valence electrons. The maximum atomic E-state index is 13.9. The predicted octanol–water partition coefficient (Wildman–Crippen LogP) is 2.79. The molecule has 0 aliphatic rings. The minimum Gasteiger partial charge on any atom is -0.341 e. The average molecular weight is 322 g/mol. The summed E-state index contributed by atoms with van der Waals surface area (Å²) in [6, 6.07) is 2.00. The first kappa shape index (κ1) is 16.9. The van der Waals surface area contributed by atoms with Gasteiger partial charge in [-0.25, -0.2) is 12.8 Å². The van der Waals surface area contributed by atoms with Crippen LogP contribution in [0.4, 0.5) is 4.39 Å². The topological polar surface area (TPSA) is 54.5 Å². The van der Waals surface area contributed by atoms with Crippen molar-refractivity contribution in [3.05, 3.63) is 29.1 Å². The van der Waals surface area contributed by atoms with E-state index >= 15 is 0 Å². The fraction of sp³-hybridized carbons (Fsp3) is 0.462. The van der Waals surface area contributed by atoms with E-state index in [2.05, 4.69) is 0 Å². The summed E-state index contributed by atoms with van der Waals surface area (Å²) in [7, 11) is 2.80. The molecule has 0 aromatic heterocycles. The van der Waals surface area contributed by atoms with Crippen LogP contribution in [0.3, 0.4) is 0 Å². The van der Waals surface area contributed by atoms with Gasteiger partial charge in [0.05, 0.1) is 10.5 Å². The van der Waals surface area contributed by atoms with Crippen LogP contribution in [0.1, 0.15) is 29.8 Å². The van der Waals surface area contributed by atoms with Crippen LogP contribution in [0.5, 0.6) is 0 Å². The summed E-state index contributed by atoms with van der Waals surface area (Å²) in [6.07, 6.45) is 0. The van der Waals surface area contributed by atoms with Crippen LogP contribution < -0.4 is 0 Å². The molecule has 0 unspecified atom stereocenters. The Bertz CT molecular complexity index is 629. The molecule has 0 saturated heterocycles. The Labute approximate surface area is 123 Å². The van der Waals surface area contributed by atoms with E-state index in [9.17, 15) is 17.6 Å². The molecule has 1 amide bonds. The van der Waals surface area contributed by atoms with Gasteiger partial charge in [0.25, 0.3) is 15.0 Å². The zero-order valence-electron chi connectivity index (χ0n) is 11.8. The van der Waals surface area contributed by atoms with Gasteiger partial charge in [0.15, 0.2) is 0 Å². The Kier molecular flexibility index (Phi) is 5.15. The van der Waals surface area contributed by atoms with E-state index in [4.69, 9.17) is 10.7 Å². The summed E-state index contributed by atoms with van der Waals surface area (Å²) in [5.74, 6) is -1.11. The standard InChI is InChI=1S/C13H17ClFNO3S/c1-8(2)7-16(4)13(17)10-6-12(20(14,18)19)9(3)5-11(10)15/h5-6,8H,7H2,1-4H3. The summed E-state index contributed by atoms with van der Waals surface area (Å²) in [4.78, 5) is 13.2. The largest absolute Gasteiger partial charge is 0.341 e. The predicted molar refractivity (Wildman–Crippen MR) is 76.0 cm³/mol. The third kappa shape index (κ3) is 3.93. The summed E-state index contributed by atoms with van der Waals surface area (Å²) in [5, 5.41) is 0. The van der Waals surface area contributed by atoms with Crippen molar-refractivity contribution in [2.45, 2.75) is 25.7 Å². The van der Waals surface area contributed by atoms with Crippen LogP contribution in [-0.2, 0) is 9.05 Å². The van der Waals surface area contributed by atoms with Gasteiger partial charge in [-0.15, -0.1) is 0 Å². The highest BCUT2D eigenvalue weighted by molar-refractivity contribution is 8.13. The van der Waals surface area contributed by atoms with E-state index in [1.165, 1.54) is 18.9 Å². The van der Waals surface area contributed by atoms with Gasteiger partial charge in [0.1, 0.15) is 5.82 Å². The fourth-order valence-corrected chi connectivity index (χ4v) is 3.12. The SMILES string of the molecule is Cc1cc(F)c(C(=O)N(C)CC(C)C)cc1S(=O)(=O)Cl. The molecule has 1 rings (SSSR count). The molecule has 0 N–H and O–H groups in total. The second-order valence-electron chi connectivity index (χ2n) is 5.11. The highest BCUT2D eigenvalue weighted by Gasteiger charge is 2.22. The second kappa shape index (κ2) is 6.10. The lowest BCUT2D eigenvalue weighted by Gasteiger charge is -2.20. The summed E-state index contributed by atoms with van der Waals surface area (Å²) in [6.45, 7) is 5.70. The lowest BCUT2D eigenvalue weighted by atomic mass is 10.1. The molecule has 0 fully saturated rings. The minimum atomic E-state index is -4.02. The third-order valence-corrected chi connectivity index (χ3v) is 4.21. The Morgan fingerprint density at radius 2 is 1.95 bits per heavy atom. The quantitative estimate of drug-likeness (QED) is 0.801. The number of nitrogens with zero attached hydrogens (tertiary/aromatic N) is 1. The first-order valence-electron chi connectivity index (χ1n) is 6.04. The van der Waals surface area contributed by atoms with Gasteiger partial charge in [-0.2, -0.15) is 0 Å². The van der Waals surface area contributed by atoms with E-state index in [1.54, 1.807) is 0 Å². The Morgan fingerprint density at radius 1 is 1.40 bits per heavy atom. The Hall–Kier alpha value is -1.14. The number of hydrogen-bond acceptors (Lipinski definition) is 3. The van der Waals surface area contributed by atoms with Gasteiger partial charge >= 0.3 is 0 Å². The molecule has 0 aliphatic heterocycles. The number of carbonyl (C=O) groups is 1. The molecule has 1 aromatic rings. The van der Waals surface area contributed by atoms with Crippen LogP contribution >= 0.6 is 10.7 Å². The summed E-state index contributed by atoms with van der Waals surface area (Å²) < 4.78 is 36.7. The van der Waals surface area contributed by atoms with Crippen LogP contribution in [0.2, 0.25) is 0 Å². The Morgan fingerprint density at radius 3 is 2.40 bits per heavy atom. The van der Waals surface area contributed by atoms with Crippen molar-refractivity contribution in [1.29, 1.82) is 0 Å². The summed E-state index contributed by atoms with van der Waals surface area (Å²) >= 11 is 0. The molecule has 7 heteroatoms. The Balaban J connectivity index is 3.29. The molecular formula is C13H17ClFNO3S. The molecule has 0 radical (unpaired) electrons. The molecule has 0 spiro atoms. The van der Waals surface area contributed by atoms with E-state index in [0.29, 0.717) is 6.54 Å². The highest BCUT2D eigenvalue weighted by Crippen LogP contribution is 2.24. The first-order valence-corrected chi connectivity index (χ1v) is 8.35. The van der Waals surface area contributed by atoms with Gasteiger partial charge in [-0.3, -0.25) is 4.79 Å². The molecule has 0 aliphatic carbocycles. The lowest BCUT2D eigenvalue weighted by molar-refractivity contribution is 0.0774. The van der Waals surface area contributed by atoms with Gasteiger partial charge in [-0.05, 0) is 30.5 Å². The van der Waals surface area contributed by atoms with Gasteiger partial charge < -0.3 is 4.90 Å². The van der Waals surface area contributed by atoms with Crippen molar-refractivity contribution in [2.24, 2.45) is 5.92 Å². The minimum absolute atomic E-state index is 0.167. The maximum absolute atomic E-state index is 13.9. The molecule has 1 aromatic carbocycles. The summed E-state index contributed by atoms with van der Waals surface area (Å²) in [5.41, 5.74) is -0.126. The van der Waals surface area contributed by atoms with E-state index in [1.807, 2.05) is 13.8 Å². The molecule has 4 nitrogen and oxygen atoms in total. The van der Waals surface area contributed by atoms with E-state index in [-0.39, 0.29) is 21.9 Å². The molecule has 0 atom stereocenters. The van der Waals surface area contributed by atoms with Crippen molar-refractivity contribution >= 4 is 25.6 Å². The number of benzene rings is 1. The van der Waals surface area contributed by atoms with Crippen molar-refractivity contribution in [3.63, 3.8) is 0 Å². The van der Waals surface area contributed by atoms with Crippen LogP contribution in [0.25, 0.3) is 0 Å². The third-order valence-electron chi connectivity index (χ3n) is 2.74. The lowest BCUT2D eigenvalue weighted by Crippen LogP contribution is -2.31.